The lowest BCUT2D eigenvalue weighted by Gasteiger charge is -2.23. The van der Waals surface area contributed by atoms with Crippen LogP contribution in [0.4, 0.5) is 0 Å². The van der Waals surface area contributed by atoms with Crippen molar-refractivity contribution in [1.29, 1.82) is 0 Å². The van der Waals surface area contributed by atoms with Crippen LogP contribution < -0.4 is 10.6 Å². The first kappa shape index (κ1) is 17.1. The number of carbonyl (C=O) groups excluding carboxylic acids is 1. The fraction of sp³-hybridized carbons (Fsp3) is 0.471. The number of nitrogens with one attached hydrogen (secondary N) is 2. The second kappa shape index (κ2) is 7.44. The Morgan fingerprint density at radius 1 is 1.38 bits per heavy atom. The van der Waals surface area contributed by atoms with Crippen molar-refractivity contribution in [2.75, 3.05) is 13.1 Å². The van der Waals surface area contributed by atoms with Crippen LogP contribution in [-0.2, 0) is 0 Å². The van der Waals surface area contributed by atoms with Gasteiger partial charge in [-0.05, 0) is 51.4 Å². The molecule has 2 heterocycles. The maximum absolute atomic E-state index is 12.6. The second-order valence-corrected chi connectivity index (χ2v) is 7.02. The van der Waals surface area contributed by atoms with Gasteiger partial charge in [-0.1, -0.05) is 39.3 Å². The van der Waals surface area contributed by atoms with Crippen molar-refractivity contribution in [2.45, 2.75) is 38.8 Å². The number of nitrogens with zero attached hydrogens (tertiary/aromatic N) is 3. The van der Waals surface area contributed by atoms with Gasteiger partial charge in [0.15, 0.2) is 5.69 Å². The SMILES string of the molecule is Cc1c(C(=O)NC(C)c2ccccc2Br)nnn1C1CCNCC1. The van der Waals surface area contributed by atoms with Gasteiger partial charge in [0.2, 0.25) is 0 Å². The fourth-order valence-corrected chi connectivity index (χ4v) is 3.75. The monoisotopic (exact) mass is 391 g/mol. The van der Waals surface area contributed by atoms with E-state index in [0.29, 0.717) is 11.7 Å². The highest BCUT2D eigenvalue weighted by Gasteiger charge is 2.24. The van der Waals surface area contributed by atoms with Gasteiger partial charge in [-0.25, -0.2) is 4.68 Å². The summed E-state index contributed by atoms with van der Waals surface area (Å²) in [6, 6.07) is 8.08. The fourth-order valence-electron chi connectivity index (χ4n) is 3.12. The summed E-state index contributed by atoms with van der Waals surface area (Å²) in [5, 5.41) is 14.7. The van der Waals surface area contributed by atoms with Crippen LogP contribution in [0.15, 0.2) is 28.7 Å². The third-order valence-corrected chi connectivity index (χ3v) is 5.24. The summed E-state index contributed by atoms with van der Waals surface area (Å²) in [5.41, 5.74) is 2.28. The zero-order valence-electron chi connectivity index (χ0n) is 13.9. The van der Waals surface area contributed by atoms with E-state index in [9.17, 15) is 4.79 Å². The Balaban J connectivity index is 1.73. The van der Waals surface area contributed by atoms with E-state index in [1.54, 1.807) is 0 Å². The number of carbonyl (C=O) groups is 1. The summed E-state index contributed by atoms with van der Waals surface area (Å²) < 4.78 is 2.88. The van der Waals surface area contributed by atoms with E-state index in [0.717, 1.165) is 41.7 Å². The number of amides is 1. The van der Waals surface area contributed by atoms with Crippen LogP contribution in [0.3, 0.4) is 0 Å². The number of hydrogen-bond donors (Lipinski definition) is 2. The van der Waals surface area contributed by atoms with Gasteiger partial charge in [0.25, 0.3) is 5.91 Å². The van der Waals surface area contributed by atoms with Crippen LogP contribution in [0.25, 0.3) is 0 Å². The number of piperidine rings is 1. The Morgan fingerprint density at radius 2 is 2.08 bits per heavy atom. The normalized spacial score (nSPS) is 16.8. The van der Waals surface area contributed by atoms with Gasteiger partial charge < -0.3 is 10.6 Å². The van der Waals surface area contributed by atoms with Crippen molar-refractivity contribution in [1.82, 2.24) is 25.6 Å². The molecule has 2 N–H and O–H groups in total. The van der Waals surface area contributed by atoms with Crippen LogP contribution in [0.5, 0.6) is 0 Å². The molecule has 1 amide bonds. The molecule has 128 valence electrons. The average molecular weight is 392 g/mol. The minimum absolute atomic E-state index is 0.114. The summed E-state index contributed by atoms with van der Waals surface area (Å²) >= 11 is 3.52. The van der Waals surface area contributed by atoms with E-state index in [4.69, 9.17) is 0 Å². The van der Waals surface area contributed by atoms with Gasteiger partial charge in [0.1, 0.15) is 0 Å². The van der Waals surface area contributed by atoms with E-state index < -0.39 is 0 Å². The minimum atomic E-state index is -0.184. The first-order valence-electron chi connectivity index (χ1n) is 8.25. The van der Waals surface area contributed by atoms with E-state index >= 15 is 0 Å². The molecule has 1 aromatic heterocycles. The first-order valence-corrected chi connectivity index (χ1v) is 9.05. The Labute approximate surface area is 150 Å². The van der Waals surface area contributed by atoms with E-state index in [1.807, 2.05) is 42.8 Å². The molecular weight excluding hydrogens is 370 g/mol. The van der Waals surface area contributed by atoms with Crippen molar-refractivity contribution in [3.05, 3.63) is 45.7 Å². The molecule has 0 spiro atoms. The number of rotatable bonds is 4. The van der Waals surface area contributed by atoms with E-state index in [2.05, 4.69) is 36.9 Å². The number of hydrogen-bond acceptors (Lipinski definition) is 4. The van der Waals surface area contributed by atoms with Gasteiger partial charge in [-0.15, -0.1) is 5.10 Å². The molecule has 6 nitrogen and oxygen atoms in total. The van der Waals surface area contributed by atoms with Gasteiger partial charge in [-0.2, -0.15) is 0 Å². The first-order chi connectivity index (χ1) is 11.6. The zero-order chi connectivity index (χ0) is 17.1. The van der Waals surface area contributed by atoms with Crippen LogP contribution in [-0.4, -0.2) is 34.0 Å². The largest absolute Gasteiger partial charge is 0.344 e. The molecule has 1 aliphatic heterocycles. The number of benzene rings is 1. The Kier molecular flexibility index (Phi) is 5.30. The maximum Gasteiger partial charge on any atom is 0.274 e. The van der Waals surface area contributed by atoms with Crippen molar-refractivity contribution < 1.29 is 4.79 Å². The highest BCUT2D eigenvalue weighted by molar-refractivity contribution is 9.10. The van der Waals surface area contributed by atoms with Gasteiger partial charge in [0.05, 0.1) is 17.8 Å². The standard InChI is InChI=1S/C17H22BrN5O/c1-11(14-5-3-4-6-15(14)18)20-17(24)16-12(2)23(22-21-16)13-7-9-19-10-8-13/h3-6,11,13,19H,7-10H2,1-2H3,(H,20,24). The smallest absolute Gasteiger partial charge is 0.274 e. The van der Waals surface area contributed by atoms with Crippen molar-refractivity contribution in [3.63, 3.8) is 0 Å². The summed E-state index contributed by atoms with van der Waals surface area (Å²) in [4.78, 5) is 12.6. The Morgan fingerprint density at radius 3 is 2.79 bits per heavy atom. The Hall–Kier alpha value is -1.73. The van der Waals surface area contributed by atoms with E-state index in [-0.39, 0.29) is 11.9 Å². The average Bonchev–Trinajstić information content (AvgIpc) is 2.97. The highest BCUT2D eigenvalue weighted by Crippen LogP contribution is 2.24. The molecule has 7 heteroatoms. The lowest BCUT2D eigenvalue weighted by atomic mass is 10.1. The third kappa shape index (κ3) is 3.52. The molecule has 2 aromatic rings. The lowest BCUT2D eigenvalue weighted by molar-refractivity contribution is 0.0934. The van der Waals surface area contributed by atoms with Gasteiger partial charge in [0, 0.05) is 4.47 Å². The molecule has 3 rings (SSSR count). The number of halogens is 1. The molecule has 0 saturated carbocycles. The maximum atomic E-state index is 12.6. The molecule has 1 unspecified atom stereocenters. The Bertz CT molecular complexity index is 724. The number of aromatic nitrogens is 3. The molecule has 0 bridgehead atoms. The highest BCUT2D eigenvalue weighted by atomic mass is 79.9. The molecule has 1 atom stereocenters. The van der Waals surface area contributed by atoms with Crippen molar-refractivity contribution >= 4 is 21.8 Å². The van der Waals surface area contributed by atoms with Gasteiger partial charge in [-0.3, -0.25) is 4.79 Å². The summed E-state index contributed by atoms with van der Waals surface area (Å²) in [6.07, 6.45) is 2.03. The molecule has 0 radical (unpaired) electrons. The molecule has 1 aliphatic rings. The molecule has 1 saturated heterocycles. The summed E-state index contributed by atoms with van der Waals surface area (Å²) in [7, 11) is 0. The predicted octanol–water partition coefficient (Wildman–Crippen LogP) is 2.76. The molecule has 24 heavy (non-hydrogen) atoms. The minimum Gasteiger partial charge on any atom is -0.344 e. The topological polar surface area (TPSA) is 71.8 Å². The molecule has 1 aromatic carbocycles. The quantitative estimate of drug-likeness (QED) is 0.840. The van der Waals surface area contributed by atoms with E-state index in [1.165, 1.54) is 0 Å². The van der Waals surface area contributed by atoms with Crippen molar-refractivity contribution in [2.24, 2.45) is 0 Å². The summed E-state index contributed by atoms with van der Waals surface area (Å²) in [6.45, 7) is 5.83. The summed E-state index contributed by atoms with van der Waals surface area (Å²) in [5.74, 6) is -0.184. The third-order valence-electron chi connectivity index (χ3n) is 4.52. The lowest BCUT2D eigenvalue weighted by Crippen LogP contribution is -2.31. The molecule has 1 fully saturated rings. The van der Waals surface area contributed by atoms with Crippen molar-refractivity contribution in [3.8, 4) is 0 Å². The predicted molar refractivity (Wildman–Crippen MR) is 95.9 cm³/mol. The van der Waals surface area contributed by atoms with Crippen LogP contribution in [0.1, 0.15) is 53.6 Å². The second-order valence-electron chi connectivity index (χ2n) is 6.17. The van der Waals surface area contributed by atoms with Crippen LogP contribution in [0.2, 0.25) is 0 Å². The van der Waals surface area contributed by atoms with Crippen LogP contribution >= 0.6 is 15.9 Å². The van der Waals surface area contributed by atoms with Gasteiger partial charge >= 0.3 is 0 Å². The molecular formula is C17H22BrN5O. The molecule has 0 aliphatic carbocycles. The van der Waals surface area contributed by atoms with Crippen LogP contribution in [0, 0.1) is 6.92 Å². The zero-order valence-corrected chi connectivity index (χ0v) is 15.5.